The normalized spacial score (nSPS) is 28.1. The van der Waals surface area contributed by atoms with Crippen molar-refractivity contribution in [1.29, 1.82) is 5.26 Å². The lowest BCUT2D eigenvalue weighted by Crippen LogP contribution is -1.90. The third-order valence-corrected chi connectivity index (χ3v) is 3.20. The average molecular weight is 189 g/mol. The molecule has 0 aliphatic heterocycles. The zero-order valence-corrected chi connectivity index (χ0v) is 8.29. The van der Waals surface area contributed by atoms with Gasteiger partial charge in [-0.05, 0) is 23.1 Å². The van der Waals surface area contributed by atoms with E-state index in [4.69, 9.17) is 5.26 Å². The smallest absolute Gasteiger partial charge is 0.123 e. The summed E-state index contributed by atoms with van der Waals surface area (Å²) >= 11 is 0. The molecule has 72 valence electrons. The Kier molecular flexibility index (Phi) is 1.85. The second kappa shape index (κ2) is 2.81. The van der Waals surface area contributed by atoms with E-state index in [2.05, 4.69) is 19.9 Å². The molecule has 1 aliphatic carbocycles. The van der Waals surface area contributed by atoms with E-state index in [0.717, 1.165) is 5.56 Å². The molecule has 0 unspecified atom stereocenters. The molecule has 0 heterocycles. The first-order valence-electron chi connectivity index (χ1n) is 4.72. The van der Waals surface area contributed by atoms with Crippen molar-refractivity contribution in [3.63, 3.8) is 0 Å². The Morgan fingerprint density at radius 3 is 2.29 bits per heavy atom. The van der Waals surface area contributed by atoms with Crippen molar-refractivity contribution in [3.05, 3.63) is 35.6 Å². The maximum absolute atomic E-state index is 12.7. The van der Waals surface area contributed by atoms with E-state index in [0.29, 0.717) is 0 Å². The summed E-state index contributed by atoms with van der Waals surface area (Å²) in [5.74, 6) is 0.127. The predicted molar refractivity (Wildman–Crippen MR) is 52.0 cm³/mol. The summed E-state index contributed by atoms with van der Waals surface area (Å²) in [6.45, 7) is 4.16. The van der Waals surface area contributed by atoms with Gasteiger partial charge in [-0.2, -0.15) is 5.26 Å². The fourth-order valence-corrected chi connectivity index (χ4v) is 2.17. The zero-order chi connectivity index (χ0) is 10.3. The second-order valence-electron chi connectivity index (χ2n) is 4.46. The summed E-state index contributed by atoms with van der Waals surface area (Å²) < 4.78 is 12.7. The fourth-order valence-electron chi connectivity index (χ4n) is 2.17. The minimum Gasteiger partial charge on any atom is -0.207 e. The quantitative estimate of drug-likeness (QED) is 0.666. The number of nitrogens with zero attached hydrogens (tertiary/aromatic N) is 1. The highest BCUT2D eigenvalue weighted by atomic mass is 19.1. The van der Waals surface area contributed by atoms with Crippen LogP contribution in [-0.2, 0) is 0 Å². The van der Waals surface area contributed by atoms with Crippen LogP contribution in [-0.4, -0.2) is 0 Å². The van der Waals surface area contributed by atoms with Gasteiger partial charge in [-0.15, -0.1) is 0 Å². The fraction of sp³-hybridized carbons (Fsp3) is 0.417. The molecule has 2 heteroatoms. The molecule has 0 saturated heterocycles. The Hall–Kier alpha value is -1.36. The van der Waals surface area contributed by atoms with Crippen LogP contribution < -0.4 is 0 Å². The van der Waals surface area contributed by atoms with Crippen molar-refractivity contribution in [2.75, 3.05) is 0 Å². The molecule has 1 nitrogen and oxygen atoms in total. The Balaban J connectivity index is 2.28. The van der Waals surface area contributed by atoms with Crippen LogP contribution in [0, 0.1) is 28.5 Å². The molecule has 2 atom stereocenters. The molecule has 14 heavy (non-hydrogen) atoms. The van der Waals surface area contributed by atoms with E-state index in [1.807, 2.05) is 0 Å². The summed E-state index contributed by atoms with van der Waals surface area (Å²) in [5.41, 5.74) is 1.12. The summed E-state index contributed by atoms with van der Waals surface area (Å²) in [6, 6.07) is 8.77. The molecular formula is C12H12FN. The van der Waals surface area contributed by atoms with E-state index in [1.165, 1.54) is 12.1 Å². The number of benzene rings is 1. The van der Waals surface area contributed by atoms with Crippen LogP contribution in [0.15, 0.2) is 24.3 Å². The molecule has 0 amide bonds. The van der Waals surface area contributed by atoms with Crippen LogP contribution in [0.4, 0.5) is 4.39 Å². The van der Waals surface area contributed by atoms with E-state index in [9.17, 15) is 4.39 Å². The lowest BCUT2D eigenvalue weighted by Gasteiger charge is -2.01. The van der Waals surface area contributed by atoms with Crippen LogP contribution in [0.25, 0.3) is 0 Å². The van der Waals surface area contributed by atoms with Gasteiger partial charge < -0.3 is 0 Å². The summed E-state index contributed by atoms with van der Waals surface area (Å²) in [7, 11) is 0. The first-order valence-corrected chi connectivity index (χ1v) is 4.72. The topological polar surface area (TPSA) is 23.8 Å². The van der Waals surface area contributed by atoms with Crippen LogP contribution in [0.3, 0.4) is 0 Å². The van der Waals surface area contributed by atoms with Crippen LogP contribution in [0.1, 0.15) is 25.3 Å². The summed E-state index contributed by atoms with van der Waals surface area (Å²) in [4.78, 5) is 0. The summed E-state index contributed by atoms with van der Waals surface area (Å²) in [6.07, 6.45) is 0. The highest BCUT2D eigenvalue weighted by Gasteiger charge is 2.58. The number of hydrogen-bond acceptors (Lipinski definition) is 1. The standard InChI is InChI=1S/C12H12FN/c1-12(2)10(7-14)11(12)8-3-5-9(13)6-4-8/h3-6,10-11H,1-2H3/t10-,11-/m1/s1. The molecule has 1 aromatic carbocycles. The highest BCUT2D eigenvalue weighted by Crippen LogP contribution is 2.63. The Morgan fingerprint density at radius 2 is 1.86 bits per heavy atom. The highest BCUT2D eigenvalue weighted by molar-refractivity contribution is 5.35. The predicted octanol–water partition coefficient (Wildman–Crippen LogP) is 3.09. The SMILES string of the molecule is CC1(C)[C@H](C#N)[C@H]1c1ccc(F)cc1. The minimum atomic E-state index is -0.222. The minimum absolute atomic E-state index is 0.0482. The van der Waals surface area contributed by atoms with Gasteiger partial charge in [-0.25, -0.2) is 4.39 Å². The van der Waals surface area contributed by atoms with Crippen molar-refractivity contribution in [2.24, 2.45) is 11.3 Å². The van der Waals surface area contributed by atoms with Gasteiger partial charge in [-0.3, -0.25) is 0 Å². The third kappa shape index (κ3) is 1.21. The van der Waals surface area contributed by atoms with Crippen molar-refractivity contribution in [3.8, 4) is 6.07 Å². The molecule has 1 aromatic rings. The van der Waals surface area contributed by atoms with Gasteiger partial charge in [0.15, 0.2) is 0 Å². The third-order valence-electron chi connectivity index (χ3n) is 3.20. The number of halogens is 1. The molecule has 0 bridgehead atoms. The van der Waals surface area contributed by atoms with Gasteiger partial charge in [0.2, 0.25) is 0 Å². The molecule has 2 rings (SSSR count). The van der Waals surface area contributed by atoms with Crippen molar-refractivity contribution >= 4 is 0 Å². The molecular weight excluding hydrogens is 177 g/mol. The molecule has 0 radical (unpaired) electrons. The van der Waals surface area contributed by atoms with Crippen molar-refractivity contribution in [1.82, 2.24) is 0 Å². The average Bonchev–Trinajstić information content (AvgIpc) is 2.69. The van der Waals surface area contributed by atoms with E-state index >= 15 is 0 Å². The van der Waals surface area contributed by atoms with E-state index in [1.54, 1.807) is 12.1 Å². The van der Waals surface area contributed by atoms with Gasteiger partial charge in [0.25, 0.3) is 0 Å². The van der Waals surface area contributed by atoms with Crippen molar-refractivity contribution < 1.29 is 4.39 Å². The maximum atomic E-state index is 12.7. The van der Waals surface area contributed by atoms with Crippen molar-refractivity contribution in [2.45, 2.75) is 19.8 Å². The van der Waals surface area contributed by atoms with Crippen LogP contribution in [0.2, 0.25) is 0 Å². The van der Waals surface area contributed by atoms with Gasteiger partial charge in [0.05, 0.1) is 12.0 Å². The first kappa shape index (κ1) is 9.21. The molecule has 0 aromatic heterocycles. The maximum Gasteiger partial charge on any atom is 0.123 e. The molecule has 1 saturated carbocycles. The lowest BCUT2D eigenvalue weighted by molar-refractivity contribution is 0.594. The van der Waals surface area contributed by atoms with Gasteiger partial charge in [0, 0.05) is 5.92 Å². The molecule has 1 fully saturated rings. The molecule has 0 spiro atoms. The molecule has 0 N–H and O–H groups in total. The number of hydrogen-bond donors (Lipinski definition) is 0. The largest absolute Gasteiger partial charge is 0.207 e. The number of rotatable bonds is 1. The Labute approximate surface area is 83.2 Å². The van der Waals surface area contributed by atoms with Crippen LogP contribution in [0.5, 0.6) is 0 Å². The zero-order valence-electron chi connectivity index (χ0n) is 8.29. The lowest BCUT2D eigenvalue weighted by atomic mass is 10.0. The Bertz CT molecular complexity index is 386. The number of nitriles is 1. The van der Waals surface area contributed by atoms with Gasteiger partial charge >= 0.3 is 0 Å². The van der Waals surface area contributed by atoms with Crippen LogP contribution >= 0.6 is 0 Å². The van der Waals surface area contributed by atoms with E-state index in [-0.39, 0.29) is 23.1 Å². The molecule has 1 aliphatic rings. The van der Waals surface area contributed by atoms with E-state index < -0.39 is 0 Å². The second-order valence-corrected chi connectivity index (χ2v) is 4.46. The first-order chi connectivity index (χ1) is 6.57. The van der Waals surface area contributed by atoms with Gasteiger partial charge in [0.1, 0.15) is 5.82 Å². The Morgan fingerprint density at radius 1 is 1.29 bits per heavy atom. The van der Waals surface area contributed by atoms with Gasteiger partial charge in [-0.1, -0.05) is 26.0 Å². The monoisotopic (exact) mass is 189 g/mol. The summed E-state index contributed by atoms with van der Waals surface area (Å²) in [5, 5.41) is 8.90.